The summed E-state index contributed by atoms with van der Waals surface area (Å²) in [6.45, 7) is 4.39. The molecule has 0 aliphatic rings. The van der Waals surface area contributed by atoms with Gasteiger partial charge in [-0.15, -0.1) is 0 Å². The Hall–Kier alpha value is -1.35. The molecule has 0 aliphatic heterocycles. The Balaban J connectivity index is 2.62. The van der Waals surface area contributed by atoms with Crippen LogP contribution in [-0.2, 0) is 11.3 Å². The topological polar surface area (TPSA) is 40.5 Å². The number of nitrogens with zero attached hydrogens (tertiary/aromatic N) is 1. The molecular formula is C12H17NO2. The van der Waals surface area contributed by atoms with Crippen LogP contribution in [0.1, 0.15) is 18.1 Å². The van der Waals surface area contributed by atoms with Crippen molar-refractivity contribution in [2.45, 2.75) is 26.4 Å². The largest absolute Gasteiger partial charge is 0.480 e. The SMILES string of the molecule is Cc1ccc(CN(C)C(C)C(=O)O)cc1. The molecular weight excluding hydrogens is 190 g/mol. The molecule has 1 aromatic carbocycles. The zero-order valence-electron chi connectivity index (χ0n) is 9.40. The van der Waals surface area contributed by atoms with Crippen molar-refractivity contribution < 1.29 is 9.90 Å². The van der Waals surface area contributed by atoms with E-state index < -0.39 is 12.0 Å². The second kappa shape index (κ2) is 4.94. The van der Waals surface area contributed by atoms with Gasteiger partial charge in [-0.2, -0.15) is 0 Å². The Labute approximate surface area is 90.3 Å². The number of carboxylic acid groups (broad SMARTS) is 1. The average Bonchev–Trinajstić information content (AvgIpc) is 2.20. The molecule has 1 N–H and O–H groups in total. The summed E-state index contributed by atoms with van der Waals surface area (Å²) in [4.78, 5) is 12.6. The van der Waals surface area contributed by atoms with Crippen molar-refractivity contribution in [2.24, 2.45) is 0 Å². The normalized spacial score (nSPS) is 12.8. The lowest BCUT2D eigenvalue weighted by Gasteiger charge is -2.21. The monoisotopic (exact) mass is 207 g/mol. The van der Waals surface area contributed by atoms with Crippen LogP contribution in [0.15, 0.2) is 24.3 Å². The van der Waals surface area contributed by atoms with E-state index in [1.54, 1.807) is 6.92 Å². The number of aryl methyl sites for hydroxylation is 1. The highest BCUT2D eigenvalue weighted by Gasteiger charge is 2.16. The fraction of sp³-hybridized carbons (Fsp3) is 0.417. The number of aliphatic carboxylic acids is 1. The minimum Gasteiger partial charge on any atom is -0.480 e. The van der Waals surface area contributed by atoms with E-state index in [9.17, 15) is 4.79 Å². The van der Waals surface area contributed by atoms with Crippen LogP contribution in [0.2, 0.25) is 0 Å². The molecule has 0 radical (unpaired) electrons. The van der Waals surface area contributed by atoms with Gasteiger partial charge in [0.1, 0.15) is 6.04 Å². The highest BCUT2D eigenvalue weighted by Crippen LogP contribution is 2.07. The molecule has 0 saturated heterocycles. The molecule has 1 atom stereocenters. The lowest BCUT2D eigenvalue weighted by Crippen LogP contribution is -2.35. The molecule has 0 aliphatic carbocycles. The van der Waals surface area contributed by atoms with Crippen LogP contribution in [0.4, 0.5) is 0 Å². The van der Waals surface area contributed by atoms with Gasteiger partial charge in [0, 0.05) is 6.54 Å². The third-order valence-electron chi connectivity index (χ3n) is 2.57. The van der Waals surface area contributed by atoms with Crippen molar-refractivity contribution in [3.63, 3.8) is 0 Å². The molecule has 0 aromatic heterocycles. The number of likely N-dealkylation sites (N-methyl/N-ethyl adjacent to an activating group) is 1. The van der Waals surface area contributed by atoms with Crippen molar-refractivity contribution in [3.8, 4) is 0 Å². The number of carboxylic acids is 1. The fourth-order valence-electron chi connectivity index (χ4n) is 1.31. The Bertz CT molecular complexity index is 332. The van der Waals surface area contributed by atoms with Crippen molar-refractivity contribution >= 4 is 5.97 Å². The number of rotatable bonds is 4. The lowest BCUT2D eigenvalue weighted by molar-refractivity contribution is -0.142. The molecule has 1 unspecified atom stereocenters. The molecule has 15 heavy (non-hydrogen) atoms. The summed E-state index contributed by atoms with van der Waals surface area (Å²) in [5, 5.41) is 8.83. The second-order valence-electron chi connectivity index (χ2n) is 3.91. The first-order chi connectivity index (χ1) is 7.00. The van der Waals surface area contributed by atoms with Crippen LogP contribution in [-0.4, -0.2) is 29.1 Å². The number of benzene rings is 1. The van der Waals surface area contributed by atoms with Gasteiger partial charge >= 0.3 is 5.97 Å². The van der Waals surface area contributed by atoms with E-state index in [4.69, 9.17) is 5.11 Å². The van der Waals surface area contributed by atoms with Crippen LogP contribution in [0.25, 0.3) is 0 Å². The molecule has 82 valence electrons. The maximum atomic E-state index is 10.7. The van der Waals surface area contributed by atoms with E-state index in [0.717, 1.165) is 5.56 Å². The quantitative estimate of drug-likeness (QED) is 0.819. The highest BCUT2D eigenvalue weighted by atomic mass is 16.4. The molecule has 0 heterocycles. The summed E-state index contributed by atoms with van der Waals surface area (Å²) in [6, 6.07) is 7.68. The first-order valence-corrected chi connectivity index (χ1v) is 4.99. The Morgan fingerprint density at radius 1 is 1.40 bits per heavy atom. The van der Waals surface area contributed by atoms with E-state index in [1.807, 2.05) is 43.1 Å². The molecule has 0 bridgehead atoms. The van der Waals surface area contributed by atoms with Crippen LogP contribution in [0.3, 0.4) is 0 Å². The Kier molecular flexibility index (Phi) is 3.86. The van der Waals surface area contributed by atoms with Gasteiger partial charge in [0.2, 0.25) is 0 Å². The number of carbonyl (C=O) groups is 1. The minimum absolute atomic E-state index is 0.452. The summed E-state index contributed by atoms with van der Waals surface area (Å²) in [5.74, 6) is -0.787. The summed E-state index contributed by atoms with van der Waals surface area (Å²) >= 11 is 0. The molecule has 0 amide bonds. The average molecular weight is 207 g/mol. The fourth-order valence-corrected chi connectivity index (χ4v) is 1.31. The van der Waals surface area contributed by atoms with Crippen molar-refractivity contribution in [1.82, 2.24) is 4.90 Å². The molecule has 0 saturated carbocycles. The van der Waals surface area contributed by atoms with Crippen molar-refractivity contribution in [3.05, 3.63) is 35.4 Å². The zero-order chi connectivity index (χ0) is 11.4. The molecule has 0 spiro atoms. The predicted molar refractivity (Wildman–Crippen MR) is 59.7 cm³/mol. The molecule has 1 aromatic rings. The first kappa shape index (κ1) is 11.7. The van der Waals surface area contributed by atoms with E-state index in [1.165, 1.54) is 5.56 Å². The summed E-state index contributed by atoms with van der Waals surface area (Å²) in [6.07, 6.45) is 0. The number of hydrogen-bond donors (Lipinski definition) is 1. The predicted octanol–water partition coefficient (Wildman–Crippen LogP) is 1.90. The van der Waals surface area contributed by atoms with Gasteiger partial charge in [0.15, 0.2) is 0 Å². The van der Waals surface area contributed by atoms with Gasteiger partial charge in [0.05, 0.1) is 0 Å². The van der Waals surface area contributed by atoms with Gasteiger partial charge in [-0.05, 0) is 26.5 Å². The molecule has 3 nitrogen and oxygen atoms in total. The third kappa shape index (κ3) is 3.36. The van der Waals surface area contributed by atoms with Gasteiger partial charge < -0.3 is 5.11 Å². The summed E-state index contributed by atoms with van der Waals surface area (Å²) in [5.41, 5.74) is 2.35. The number of hydrogen-bond acceptors (Lipinski definition) is 2. The molecule has 3 heteroatoms. The van der Waals surface area contributed by atoms with Crippen molar-refractivity contribution in [2.75, 3.05) is 7.05 Å². The summed E-state index contributed by atoms with van der Waals surface area (Å²) in [7, 11) is 1.82. The second-order valence-corrected chi connectivity index (χ2v) is 3.91. The lowest BCUT2D eigenvalue weighted by atomic mass is 10.1. The smallest absolute Gasteiger partial charge is 0.320 e. The summed E-state index contributed by atoms with van der Waals surface area (Å²) < 4.78 is 0. The minimum atomic E-state index is -0.787. The van der Waals surface area contributed by atoms with E-state index in [-0.39, 0.29) is 0 Å². The van der Waals surface area contributed by atoms with Crippen LogP contribution >= 0.6 is 0 Å². The molecule has 0 fully saturated rings. The van der Waals surface area contributed by atoms with Gasteiger partial charge in [-0.1, -0.05) is 29.8 Å². The standard InChI is InChI=1S/C12H17NO2/c1-9-4-6-11(7-5-9)8-13(3)10(2)12(14)15/h4-7,10H,8H2,1-3H3,(H,14,15). The van der Waals surface area contributed by atoms with Gasteiger partial charge in [0.25, 0.3) is 0 Å². The third-order valence-corrected chi connectivity index (χ3v) is 2.57. The van der Waals surface area contributed by atoms with E-state index in [0.29, 0.717) is 6.54 Å². The Morgan fingerprint density at radius 3 is 2.40 bits per heavy atom. The van der Waals surface area contributed by atoms with Crippen LogP contribution in [0, 0.1) is 6.92 Å². The van der Waals surface area contributed by atoms with Crippen LogP contribution < -0.4 is 0 Å². The first-order valence-electron chi connectivity index (χ1n) is 4.99. The maximum Gasteiger partial charge on any atom is 0.320 e. The van der Waals surface area contributed by atoms with E-state index in [2.05, 4.69) is 0 Å². The highest BCUT2D eigenvalue weighted by molar-refractivity contribution is 5.72. The Morgan fingerprint density at radius 2 is 1.93 bits per heavy atom. The maximum absolute atomic E-state index is 10.7. The van der Waals surface area contributed by atoms with Crippen LogP contribution in [0.5, 0.6) is 0 Å². The van der Waals surface area contributed by atoms with Gasteiger partial charge in [-0.25, -0.2) is 0 Å². The zero-order valence-corrected chi connectivity index (χ0v) is 9.40. The van der Waals surface area contributed by atoms with E-state index >= 15 is 0 Å². The van der Waals surface area contributed by atoms with Gasteiger partial charge in [-0.3, -0.25) is 9.69 Å². The van der Waals surface area contributed by atoms with Crippen molar-refractivity contribution in [1.29, 1.82) is 0 Å². The molecule has 1 rings (SSSR count).